The maximum Gasteiger partial charge on any atom is 0.355 e. The zero-order valence-electron chi connectivity index (χ0n) is 17.4. The number of hydrogen-bond acceptors (Lipinski definition) is 7. The zero-order valence-corrected chi connectivity index (χ0v) is 17.4. The maximum atomic E-state index is 12.6. The monoisotopic (exact) mass is 417 g/mol. The molecule has 0 atom stereocenters. The number of nitrogens with one attached hydrogen (secondary N) is 1. The molecule has 0 amide bonds. The van der Waals surface area contributed by atoms with Crippen molar-refractivity contribution in [3.63, 3.8) is 0 Å². The molecule has 0 aliphatic heterocycles. The second-order valence-corrected chi connectivity index (χ2v) is 6.93. The molecule has 3 heterocycles. The molecule has 0 fully saturated rings. The standard InChI is InChI=1S/C19H23N5O6/c1-10-12(17(26)29-5)11(2)21-13(10)18(27)30-8-6-7-24-16(25)14-15(20-9-22(14)3)23(4)19(24)28/h9,21H,6-8H2,1-5H3. The van der Waals surface area contributed by atoms with Crippen molar-refractivity contribution in [2.24, 2.45) is 14.1 Å². The van der Waals surface area contributed by atoms with Crippen LogP contribution in [-0.4, -0.2) is 49.3 Å². The second kappa shape index (κ2) is 8.01. The van der Waals surface area contributed by atoms with E-state index < -0.39 is 23.2 Å². The van der Waals surface area contributed by atoms with Gasteiger partial charge in [-0.05, 0) is 25.8 Å². The Morgan fingerprint density at radius 3 is 2.53 bits per heavy atom. The third-order valence-corrected chi connectivity index (χ3v) is 4.99. The van der Waals surface area contributed by atoms with Crippen LogP contribution in [0.2, 0.25) is 0 Å². The minimum atomic E-state index is -0.631. The molecule has 3 aromatic heterocycles. The van der Waals surface area contributed by atoms with Crippen LogP contribution in [0.5, 0.6) is 0 Å². The summed E-state index contributed by atoms with van der Waals surface area (Å²) in [4.78, 5) is 56.2. The molecule has 0 radical (unpaired) electrons. The van der Waals surface area contributed by atoms with Crippen molar-refractivity contribution in [3.8, 4) is 0 Å². The van der Waals surface area contributed by atoms with Gasteiger partial charge in [-0.25, -0.2) is 19.4 Å². The summed E-state index contributed by atoms with van der Waals surface area (Å²) in [6.45, 7) is 3.35. The van der Waals surface area contributed by atoms with Gasteiger partial charge < -0.3 is 19.0 Å². The Balaban J connectivity index is 1.71. The molecule has 3 aromatic rings. The molecule has 160 valence electrons. The highest BCUT2D eigenvalue weighted by Crippen LogP contribution is 2.19. The summed E-state index contributed by atoms with van der Waals surface area (Å²) in [5.41, 5.74) is 1.10. The molecule has 3 rings (SSSR count). The molecule has 30 heavy (non-hydrogen) atoms. The number of aromatic nitrogens is 5. The van der Waals surface area contributed by atoms with Crippen molar-refractivity contribution in [3.05, 3.63) is 49.7 Å². The van der Waals surface area contributed by atoms with Gasteiger partial charge in [0.2, 0.25) is 0 Å². The number of fused-ring (bicyclic) bond motifs is 1. The fraction of sp³-hybridized carbons (Fsp3) is 0.421. The number of aryl methyl sites for hydroxylation is 3. The molecule has 0 aliphatic carbocycles. The van der Waals surface area contributed by atoms with Crippen molar-refractivity contribution < 1.29 is 19.1 Å². The van der Waals surface area contributed by atoms with Gasteiger partial charge in [0.15, 0.2) is 11.2 Å². The van der Waals surface area contributed by atoms with Crippen molar-refractivity contribution in [1.29, 1.82) is 0 Å². The number of hydrogen-bond donors (Lipinski definition) is 1. The zero-order chi connectivity index (χ0) is 22.2. The van der Waals surface area contributed by atoms with E-state index in [1.54, 1.807) is 32.5 Å². The van der Waals surface area contributed by atoms with Gasteiger partial charge in [-0.15, -0.1) is 0 Å². The number of rotatable bonds is 6. The van der Waals surface area contributed by atoms with Gasteiger partial charge in [0.05, 0.1) is 25.6 Å². The van der Waals surface area contributed by atoms with Crippen LogP contribution in [0.25, 0.3) is 11.2 Å². The first-order chi connectivity index (χ1) is 14.2. The summed E-state index contributed by atoms with van der Waals surface area (Å²) in [5.74, 6) is -1.17. The van der Waals surface area contributed by atoms with Crippen LogP contribution < -0.4 is 11.2 Å². The number of carbonyl (C=O) groups excluding carboxylic acids is 2. The predicted molar refractivity (Wildman–Crippen MR) is 107 cm³/mol. The van der Waals surface area contributed by atoms with E-state index in [1.807, 2.05) is 0 Å². The SMILES string of the molecule is COC(=O)c1c(C)[nH]c(C(=O)OCCCn2c(=O)c3c(ncn3C)n(C)c2=O)c1C. The Kier molecular flexibility index (Phi) is 5.63. The minimum absolute atomic E-state index is 0.0110. The minimum Gasteiger partial charge on any atom is -0.465 e. The molecule has 0 bridgehead atoms. The first-order valence-corrected chi connectivity index (χ1v) is 9.24. The molecule has 0 saturated heterocycles. The number of H-pyrrole nitrogens is 1. The van der Waals surface area contributed by atoms with Crippen LogP contribution in [-0.2, 0) is 30.1 Å². The van der Waals surface area contributed by atoms with Crippen LogP contribution >= 0.6 is 0 Å². The Labute approximate surface area is 170 Å². The number of imidazole rings is 1. The lowest BCUT2D eigenvalue weighted by molar-refractivity contribution is 0.0488. The summed E-state index contributed by atoms with van der Waals surface area (Å²) >= 11 is 0. The van der Waals surface area contributed by atoms with E-state index in [0.29, 0.717) is 28.0 Å². The number of methoxy groups -OCH3 is 1. The average Bonchev–Trinajstić information content (AvgIpc) is 3.24. The van der Waals surface area contributed by atoms with Gasteiger partial charge in [-0.1, -0.05) is 0 Å². The quantitative estimate of drug-likeness (QED) is 0.454. The normalized spacial score (nSPS) is 11.1. The molecule has 0 spiro atoms. The van der Waals surface area contributed by atoms with E-state index >= 15 is 0 Å². The highest BCUT2D eigenvalue weighted by molar-refractivity contribution is 5.98. The Bertz CT molecular complexity index is 1260. The van der Waals surface area contributed by atoms with Gasteiger partial charge >= 0.3 is 17.6 Å². The lowest BCUT2D eigenvalue weighted by atomic mass is 10.1. The molecule has 0 saturated carbocycles. The Morgan fingerprint density at radius 1 is 1.17 bits per heavy atom. The summed E-state index contributed by atoms with van der Waals surface area (Å²) in [7, 11) is 4.49. The topological polar surface area (TPSA) is 130 Å². The van der Waals surface area contributed by atoms with Gasteiger partial charge in [-0.3, -0.25) is 13.9 Å². The van der Waals surface area contributed by atoms with E-state index in [9.17, 15) is 19.2 Å². The lowest BCUT2D eigenvalue weighted by Gasteiger charge is -2.09. The Morgan fingerprint density at radius 2 is 1.87 bits per heavy atom. The summed E-state index contributed by atoms with van der Waals surface area (Å²) in [6.07, 6.45) is 1.73. The van der Waals surface area contributed by atoms with E-state index in [4.69, 9.17) is 9.47 Å². The summed E-state index contributed by atoms with van der Waals surface area (Å²) < 4.78 is 13.9. The van der Waals surface area contributed by atoms with E-state index in [2.05, 4.69) is 9.97 Å². The number of ether oxygens (including phenoxy) is 2. The molecule has 0 aliphatic rings. The largest absolute Gasteiger partial charge is 0.465 e. The maximum absolute atomic E-state index is 12.6. The molecular weight excluding hydrogens is 394 g/mol. The van der Waals surface area contributed by atoms with Crippen LogP contribution in [0.1, 0.15) is 38.5 Å². The Hall–Kier alpha value is -3.63. The molecule has 1 N–H and O–H groups in total. The average molecular weight is 417 g/mol. The summed E-state index contributed by atoms with van der Waals surface area (Å²) in [6, 6.07) is 0. The molecule has 11 nitrogen and oxygen atoms in total. The molecular formula is C19H23N5O6. The van der Waals surface area contributed by atoms with Crippen LogP contribution in [0.3, 0.4) is 0 Å². The summed E-state index contributed by atoms with van der Waals surface area (Å²) in [5, 5.41) is 0. The number of aromatic amines is 1. The predicted octanol–water partition coefficient (Wildman–Crippen LogP) is 0.412. The van der Waals surface area contributed by atoms with Gasteiger partial charge in [0, 0.05) is 26.3 Å². The van der Waals surface area contributed by atoms with Crippen LogP contribution in [0, 0.1) is 13.8 Å². The lowest BCUT2D eigenvalue weighted by Crippen LogP contribution is -2.39. The van der Waals surface area contributed by atoms with Crippen molar-refractivity contribution in [1.82, 2.24) is 23.7 Å². The number of esters is 2. The number of nitrogens with zero attached hydrogens (tertiary/aromatic N) is 4. The fourth-order valence-electron chi connectivity index (χ4n) is 3.42. The molecule has 11 heteroatoms. The van der Waals surface area contributed by atoms with Gasteiger partial charge in [-0.2, -0.15) is 0 Å². The first kappa shape index (κ1) is 21.1. The first-order valence-electron chi connectivity index (χ1n) is 9.24. The van der Waals surface area contributed by atoms with E-state index in [-0.39, 0.29) is 25.3 Å². The third kappa shape index (κ3) is 3.42. The van der Waals surface area contributed by atoms with Crippen LogP contribution in [0.15, 0.2) is 15.9 Å². The number of carbonyl (C=O) groups is 2. The van der Waals surface area contributed by atoms with Crippen molar-refractivity contribution in [2.75, 3.05) is 13.7 Å². The third-order valence-electron chi connectivity index (χ3n) is 4.99. The fourth-order valence-corrected chi connectivity index (χ4v) is 3.42. The van der Waals surface area contributed by atoms with E-state index in [1.165, 1.54) is 18.0 Å². The highest BCUT2D eigenvalue weighted by Gasteiger charge is 2.23. The van der Waals surface area contributed by atoms with Gasteiger partial charge in [0.1, 0.15) is 5.69 Å². The highest BCUT2D eigenvalue weighted by atomic mass is 16.5. The van der Waals surface area contributed by atoms with Crippen molar-refractivity contribution >= 4 is 23.1 Å². The van der Waals surface area contributed by atoms with Crippen molar-refractivity contribution in [2.45, 2.75) is 26.8 Å². The van der Waals surface area contributed by atoms with Gasteiger partial charge in [0.25, 0.3) is 5.56 Å². The molecule has 0 unspecified atom stereocenters. The second-order valence-electron chi connectivity index (χ2n) is 6.93. The molecule has 0 aromatic carbocycles. The van der Waals surface area contributed by atoms with Crippen LogP contribution in [0.4, 0.5) is 0 Å². The smallest absolute Gasteiger partial charge is 0.355 e. The van der Waals surface area contributed by atoms with E-state index in [0.717, 1.165) is 4.57 Å².